The van der Waals surface area contributed by atoms with Crippen LogP contribution in [0.15, 0.2) is 37.3 Å². The Morgan fingerprint density at radius 3 is 3.04 bits per heavy atom. The molecule has 0 fully saturated rings. The zero-order chi connectivity index (χ0) is 17.6. The topological polar surface area (TPSA) is 121 Å². The average molecular weight is 421 g/mol. The van der Waals surface area contributed by atoms with E-state index in [9.17, 15) is 9.59 Å². The fraction of sp³-hybridized carbons (Fsp3) is 0.0667. The second-order valence-corrected chi connectivity index (χ2v) is 6.98. The van der Waals surface area contributed by atoms with Crippen molar-refractivity contribution in [1.82, 2.24) is 20.3 Å². The summed E-state index contributed by atoms with van der Waals surface area (Å²) in [5.74, 6) is 0.304. The van der Waals surface area contributed by atoms with E-state index < -0.39 is 11.7 Å². The number of hydrogen-bond acceptors (Lipinski definition) is 6. The maximum Gasteiger partial charge on any atom is 0.405 e. The second-order valence-electron chi connectivity index (χ2n) is 5.12. The zero-order valence-electron chi connectivity index (χ0n) is 12.4. The molecule has 3 N–H and O–H groups in total. The SMILES string of the molecule is O=C(O)NCc1nc(-c2nc3c(oc4ccc(Br)cc43)c(=O)[nH]2)cs1. The van der Waals surface area contributed by atoms with Gasteiger partial charge in [-0.3, -0.25) is 4.79 Å². The Labute approximate surface area is 151 Å². The van der Waals surface area contributed by atoms with Gasteiger partial charge in [-0.15, -0.1) is 11.3 Å². The molecule has 0 saturated heterocycles. The lowest BCUT2D eigenvalue weighted by Gasteiger charge is -1.97. The van der Waals surface area contributed by atoms with E-state index in [2.05, 4.69) is 36.2 Å². The molecule has 0 unspecified atom stereocenters. The van der Waals surface area contributed by atoms with E-state index in [1.165, 1.54) is 11.3 Å². The third-order valence-electron chi connectivity index (χ3n) is 3.47. The number of carbonyl (C=O) groups is 1. The van der Waals surface area contributed by atoms with Crippen LogP contribution in [0.3, 0.4) is 0 Å². The fourth-order valence-corrected chi connectivity index (χ4v) is 3.48. The van der Waals surface area contributed by atoms with E-state index in [1.807, 2.05) is 12.1 Å². The van der Waals surface area contributed by atoms with Crippen LogP contribution >= 0.6 is 27.3 Å². The zero-order valence-corrected chi connectivity index (χ0v) is 14.8. The summed E-state index contributed by atoms with van der Waals surface area (Å²) in [6.45, 7) is 0.0913. The van der Waals surface area contributed by atoms with Gasteiger partial charge in [-0.2, -0.15) is 0 Å². The molecule has 10 heteroatoms. The minimum Gasteiger partial charge on any atom is -0.465 e. The predicted molar refractivity (Wildman–Crippen MR) is 95.8 cm³/mol. The van der Waals surface area contributed by atoms with Crippen molar-refractivity contribution in [2.45, 2.75) is 6.54 Å². The van der Waals surface area contributed by atoms with Crippen LogP contribution in [0.1, 0.15) is 5.01 Å². The summed E-state index contributed by atoms with van der Waals surface area (Å²) in [5, 5.41) is 13.9. The smallest absolute Gasteiger partial charge is 0.405 e. The summed E-state index contributed by atoms with van der Waals surface area (Å²) in [7, 11) is 0. The molecular weight excluding hydrogens is 412 g/mol. The fourth-order valence-electron chi connectivity index (χ4n) is 2.40. The van der Waals surface area contributed by atoms with Crippen molar-refractivity contribution in [2.75, 3.05) is 0 Å². The highest BCUT2D eigenvalue weighted by molar-refractivity contribution is 9.10. The standard InChI is InChI=1S/C15H9BrN4O4S/c16-6-1-2-9-7(3-6)11-12(24-9)14(21)20-13(19-11)8-5-25-10(18-8)4-17-15(22)23/h1-3,5,17H,4H2,(H,22,23)(H,19,20,21). The Kier molecular flexibility index (Phi) is 3.77. The van der Waals surface area contributed by atoms with Crippen molar-refractivity contribution < 1.29 is 14.3 Å². The molecule has 3 aromatic heterocycles. The molecular formula is C15H9BrN4O4S. The molecule has 0 atom stereocenters. The Morgan fingerprint density at radius 2 is 2.24 bits per heavy atom. The van der Waals surface area contributed by atoms with Gasteiger partial charge >= 0.3 is 6.09 Å². The highest BCUT2D eigenvalue weighted by atomic mass is 79.9. The largest absolute Gasteiger partial charge is 0.465 e. The molecule has 3 heterocycles. The van der Waals surface area contributed by atoms with E-state index in [1.54, 1.807) is 11.4 Å². The minimum absolute atomic E-state index is 0.0913. The summed E-state index contributed by atoms with van der Waals surface area (Å²) in [6, 6.07) is 5.42. The van der Waals surface area contributed by atoms with Crippen molar-refractivity contribution >= 4 is 55.4 Å². The summed E-state index contributed by atoms with van der Waals surface area (Å²) in [5.41, 5.74) is 1.24. The van der Waals surface area contributed by atoms with E-state index in [0.717, 1.165) is 9.86 Å². The molecule has 1 amide bonds. The summed E-state index contributed by atoms with van der Waals surface area (Å²) in [6.07, 6.45) is -1.12. The van der Waals surface area contributed by atoms with Gasteiger partial charge in [0.25, 0.3) is 5.56 Å². The van der Waals surface area contributed by atoms with Crippen LogP contribution in [-0.2, 0) is 6.54 Å². The number of nitrogens with one attached hydrogen (secondary N) is 2. The first kappa shape index (κ1) is 15.8. The molecule has 0 aliphatic heterocycles. The molecule has 126 valence electrons. The number of thiazole rings is 1. The highest BCUT2D eigenvalue weighted by Crippen LogP contribution is 2.29. The molecule has 0 aliphatic carbocycles. The van der Waals surface area contributed by atoms with Crippen LogP contribution in [0, 0.1) is 0 Å². The molecule has 0 spiro atoms. The van der Waals surface area contributed by atoms with E-state index in [0.29, 0.717) is 27.6 Å². The van der Waals surface area contributed by atoms with Gasteiger partial charge < -0.3 is 19.8 Å². The van der Waals surface area contributed by atoms with Crippen LogP contribution in [0.2, 0.25) is 0 Å². The Morgan fingerprint density at radius 1 is 1.40 bits per heavy atom. The molecule has 4 rings (SSSR count). The van der Waals surface area contributed by atoms with Gasteiger partial charge in [-0.05, 0) is 18.2 Å². The molecule has 0 saturated carbocycles. The monoisotopic (exact) mass is 420 g/mol. The highest BCUT2D eigenvalue weighted by Gasteiger charge is 2.16. The lowest BCUT2D eigenvalue weighted by molar-refractivity contribution is 0.194. The van der Waals surface area contributed by atoms with Gasteiger partial charge in [0.05, 0.1) is 6.54 Å². The molecule has 0 aliphatic rings. The summed E-state index contributed by atoms with van der Waals surface area (Å²) < 4.78 is 6.43. The normalized spacial score (nSPS) is 11.2. The van der Waals surface area contributed by atoms with Crippen molar-refractivity contribution in [1.29, 1.82) is 0 Å². The van der Waals surface area contributed by atoms with E-state index >= 15 is 0 Å². The van der Waals surface area contributed by atoms with Crippen LogP contribution in [0.25, 0.3) is 33.6 Å². The third-order valence-corrected chi connectivity index (χ3v) is 4.81. The van der Waals surface area contributed by atoms with Crippen LogP contribution in [-0.4, -0.2) is 26.2 Å². The lowest BCUT2D eigenvalue weighted by atomic mass is 10.2. The van der Waals surface area contributed by atoms with Crippen molar-refractivity contribution in [2.24, 2.45) is 0 Å². The maximum atomic E-state index is 12.3. The number of H-pyrrole nitrogens is 1. The Bertz CT molecular complexity index is 1180. The predicted octanol–water partition coefficient (Wildman–Crippen LogP) is 3.32. The molecule has 25 heavy (non-hydrogen) atoms. The van der Waals surface area contributed by atoms with E-state index in [4.69, 9.17) is 9.52 Å². The van der Waals surface area contributed by atoms with Crippen molar-refractivity contribution in [3.63, 3.8) is 0 Å². The van der Waals surface area contributed by atoms with Gasteiger partial charge in [0.1, 0.15) is 21.8 Å². The number of aromatic amines is 1. The Balaban J connectivity index is 1.83. The lowest BCUT2D eigenvalue weighted by Crippen LogP contribution is -2.19. The summed E-state index contributed by atoms with van der Waals surface area (Å²) in [4.78, 5) is 34.3. The number of carboxylic acid groups (broad SMARTS) is 1. The van der Waals surface area contributed by atoms with Gasteiger partial charge in [-0.25, -0.2) is 14.8 Å². The number of aromatic nitrogens is 3. The van der Waals surface area contributed by atoms with Crippen molar-refractivity contribution in [3.8, 4) is 11.5 Å². The first-order valence-corrected chi connectivity index (χ1v) is 8.72. The number of nitrogens with zero attached hydrogens (tertiary/aromatic N) is 2. The molecule has 1 aromatic carbocycles. The van der Waals surface area contributed by atoms with Crippen molar-refractivity contribution in [3.05, 3.63) is 43.4 Å². The van der Waals surface area contributed by atoms with Gasteiger partial charge in [0.15, 0.2) is 5.82 Å². The maximum absolute atomic E-state index is 12.3. The number of benzene rings is 1. The van der Waals surface area contributed by atoms with Crippen LogP contribution < -0.4 is 10.9 Å². The quantitative estimate of drug-likeness (QED) is 0.467. The number of hydrogen-bond donors (Lipinski definition) is 3. The third kappa shape index (κ3) is 2.89. The number of rotatable bonds is 3. The number of amides is 1. The number of fused-ring (bicyclic) bond motifs is 3. The first-order chi connectivity index (χ1) is 12.0. The average Bonchev–Trinajstić information content (AvgIpc) is 3.18. The minimum atomic E-state index is -1.12. The van der Waals surface area contributed by atoms with E-state index in [-0.39, 0.29) is 12.1 Å². The molecule has 8 nitrogen and oxygen atoms in total. The van der Waals surface area contributed by atoms with Gasteiger partial charge in [0.2, 0.25) is 5.58 Å². The van der Waals surface area contributed by atoms with Gasteiger partial charge in [-0.1, -0.05) is 15.9 Å². The number of furan rings is 1. The van der Waals surface area contributed by atoms with Crippen LogP contribution in [0.4, 0.5) is 4.79 Å². The molecule has 0 radical (unpaired) electrons. The number of halogens is 1. The molecule has 4 aromatic rings. The Hall–Kier alpha value is -2.72. The summed E-state index contributed by atoms with van der Waals surface area (Å²) >= 11 is 4.67. The second kappa shape index (κ2) is 5.97. The first-order valence-electron chi connectivity index (χ1n) is 7.05. The molecule has 0 bridgehead atoms. The van der Waals surface area contributed by atoms with Crippen LogP contribution in [0.5, 0.6) is 0 Å². The van der Waals surface area contributed by atoms with Gasteiger partial charge in [0, 0.05) is 15.2 Å².